The molecule has 90 valence electrons. The number of nitrogens with one attached hydrogen (secondary N) is 1. The van der Waals surface area contributed by atoms with Crippen molar-refractivity contribution in [2.24, 2.45) is 0 Å². The Morgan fingerprint density at radius 1 is 1.44 bits per heavy atom. The largest absolute Gasteiger partial charge is 0.309 e. The maximum atomic E-state index is 10.9. The number of hydrogen-bond acceptors (Lipinski definition) is 5. The normalized spacial score (nSPS) is 15.3. The van der Waals surface area contributed by atoms with Gasteiger partial charge in [-0.25, -0.2) is 13.4 Å². The van der Waals surface area contributed by atoms with Crippen molar-refractivity contribution in [3.8, 4) is 0 Å². The van der Waals surface area contributed by atoms with Gasteiger partial charge in [0.15, 0.2) is 0 Å². The number of rotatable bonds is 5. The van der Waals surface area contributed by atoms with Crippen molar-refractivity contribution in [2.75, 3.05) is 18.6 Å². The van der Waals surface area contributed by atoms with E-state index in [1.54, 1.807) is 11.3 Å². The van der Waals surface area contributed by atoms with Crippen molar-refractivity contribution in [3.05, 3.63) is 15.6 Å². The molecule has 0 amide bonds. The summed E-state index contributed by atoms with van der Waals surface area (Å²) >= 11 is 1.76. The van der Waals surface area contributed by atoms with E-state index in [0.29, 0.717) is 13.1 Å². The Morgan fingerprint density at radius 2 is 2.25 bits per heavy atom. The maximum Gasteiger partial charge on any atom is 0.148 e. The van der Waals surface area contributed by atoms with Crippen LogP contribution in [0.5, 0.6) is 0 Å². The van der Waals surface area contributed by atoms with Gasteiger partial charge in [-0.3, -0.25) is 0 Å². The van der Waals surface area contributed by atoms with Crippen LogP contribution < -0.4 is 5.32 Å². The molecule has 0 aromatic carbocycles. The molecule has 0 fully saturated rings. The van der Waals surface area contributed by atoms with Crippen LogP contribution in [0.3, 0.4) is 0 Å². The minimum Gasteiger partial charge on any atom is -0.309 e. The van der Waals surface area contributed by atoms with Crippen LogP contribution in [0.25, 0.3) is 0 Å². The lowest BCUT2D eigenvalue weighted by Gasteiger charge is -2.00. The molecule has 1 heterocycles. The van der Waals surface area contributed by atoms with E-state index in [2.05, 4.69) is 10.3 Å². The third-order valence-corrected chi connectivity index (χ3v) is 4.67. The highest BCUT2D eigenvalue weighted by Gasteiger charge is 2.16. The Kier molecular flexibility index (Phi) is 3.61. The zero-order chi connectivity index (χ0) is 11.6. The van der Waals surface area contributed by atoms with E-state index < -0.39 is 9.84 Å². The lowest BCUT2D eigenvalue weighted by atomic mass is 10.4. The summed E-state index contributed by atoms with van der Waals surface area (Å²) in [6.07, 6.45) is 4.76. The summed E-state index contributed by atoms with van der Waals surface area (Å²) in [5.74, 6) is 0.193. The van der Waals surface area contributed by atoms with Gasteiger partial charge in [0.05, 0.1) is 11.4 Å². The van der Waals surface area contributed by atoms with Gasteiger partial charge in [-0.05, 0) is 19.3 Å². The highest BCUT2D eigenvalue weighted by atomic mass is 32.2. The molecule has 0 saturated heterocycles. The molecule has 4 nitrogen and oxygen atoms in total. The van der Waals surface area contributed by atoms with Gasteiger partial charge in [-0.2, -0.15) is 0 Å². The summed E-state index contributed by atoms with van der Waals surface area (Å²) in [5, 5.41) is 4.20. The molecule has 1 aliphatic carbocycles. The fourth-order valence-electron chi connectivity index (χ4n) is 1.77. The first-order valence-electron chi connectivity index (χ1n) is 5.40. The lowest BCUT2D eigenvalue weighted by molar-refractivity contribution is 0.596. The Morgan fingerprint density at radius 3 is 2.94 bits per heavy atom. The first kappa shape index (κ1) is 12.0. The van der Waals surface area contributed by atoms with E-state index in [9.17, 15) is 8.42 Å². The number of aromatic nitrogens is 1. The van der Waals surface area contributed by atoms with Gasteiger partial charge in [0.1, 0.15) is 14.8 Å². The summed E-state index contributed by atoms with van der Waals surface area (Å²) < 4.78 is 21.8. The van der Waals surface area contributed by atoms with E-state index in [4.69, 9.17) is 0 Å². The van der Waals surface area contributed by atoms with E-state index in [1.165, 1.54) is 23.2 Å². The summed E-state index contributed by atoms with van der Waals surface area (Å²) in [4.78, 5) is 5.95. The topological polar surface area (TPSA) is 59.1 Å². The smallest absolute Gasteiger partial charge is 0.148 e. The molecule has 0 aliphatic heterocycles. The van der Waals surface area contributed by atoms with Gasteiger partial charge >= 0.3 is 0 Å². The summed E-state index contributed by atoms with van der Waals surface area (Å²) in [7, 11) is -2.85. The predicted octanol–water partition coefficient (Wildman–Crippen LogP) is 0.766. The Bertz CT molecular complexity index is 444. The van der Waals surface area contributed by atoms with Crippen molar-refractivity contribution >= 4 is 21.2 Å². The molecule has 16 heavy (non-hydrogen) atoms. The molecule has 1 aromatic rings. The van der Waals surface area contributed by atoms with Crippen molar-refractivity contribution in [1.82, 2.24) is 10.3 Å². The average molecular weight is 260 g/mol. The predicted molar refractivity (Wildman–Crippen MR) is 65.6 cm³/mol. The van der Waals surface area contributed by atoms with Gasteiger partial charge in [-0.1, -0.05) is 0 Å². The minimum atomic E-state index is -2.85. The molecular weight excluding hydrogens is 244 g/mol. The quantitative estimate of drug-likeness (QED) is 0.794. The maximum absolute atomic E-state index is 10.9. The molecular formula is C10H16N2O2S2. The van der Waals surface area contributed by atoms with Crippen molar-refractivity contribution in [3.63, 3.8) is 0 Å². The van der Waals surface area contributed by atoms with E-state index in [0.717, 1.165) is 17.8 Å². The third-order valence-electron chi connectivity index (χ3n) is 2.57. The van der Waals surface area contributed by atoms with Crippen LogP contribution in [0.4, 0.5) is 0 Å². The van der Waals surface area contributed by atoms with Crippen LogP contribution in [0, 0.1) is 0 Å². The van der Waals surface area contributed by atoms with E-state index >= 15 is 0 Å². The molecule has 2 rings (SSSR count). The Hall–Kier alpha value is -0.460. The number of hydrogen-bond donors (Lipinski definition) is 1. The van der Waals surface area contributed by atoms with Crippen LogP contribution in [0.15, 0.2) is 0 Å². The Labute approximate surface area is 100 Å². The average Bonchev–Trinajstić information content (AvgIpc) is 2.70. The second kappa shape index (κ2) is 4.81. The van der Waals surface area contributed by atoms with Gasteiger partial charge in [0.2, 0.25) is 0 Å². The fraction of sp³-hybridized carbons (Fsp3) is 0.700. The molecule has 0 saturated carbocycles. The number of thiazole rings is 1. The molecule has 1 N–H and O–H groups in total. The van der Waals surface area contributed by atoms with Gasteiger partial charge in [0.25, 0.3) is 0 Å². The molecule has 0 atom stereocenters. The van der Waals surface area contributed by atoms with E-state index in [1.807, 2.05) is 0 Å². The fourth-order valence-corrected chi connectivity index (χ4v) is 3.41. The van der Waals surface area contributed by atoms with Crippen LogP contribution >= 0.6 is 11.3 Å². The lowest BCUT2D eigenvalue weighted by Crippen LogP contribution is -2.21. The number of sulfone groups is 1. The molecule has 0 unspecified atom stereocenters. The number of fused-ring (bicyclic) bond motifs is 1. The van der Waals surface area contributed by atoms with Crippen LogP contribution in [0.2, 0.25) is 0 Å². The minimum absolute atomic E-state index is 0.193. The van der Waals surface area contributed by atoms with Gasteiger partial charge in [0, 0.05) is 24.2 Å². The van der Waals surface area contributed by atoms with Crippen LogP contribution in [0.1, 0.15) is 22.0 Å². The van der Waals surface area contributed by atoms with Crippen LogP contribution in [-0.4, -0.2) is 32.0 Å². The van der Waals surface area contributed by atoms with Crippen LogP contribution in [-0.2, 0) is 29.2 Å². The first-order chi connectivity index (χ1) is 7.54. The summed E-state index contributed by atoms with van der Waals surface area (Å²) in [6.45, 7) is 1.19. The standard InChI is InChI=1S/C10H16N2O2S2/c1-16(13,14)6-5-11-7-10-12-8-3-2-4-9(8)15-10/h11H,2-7H2,1H3. The molecule has 1 aliphatic rings. The summed E-state index contributed by atoms with van der Waals surface area (Å²) in [5.41, 5.74) is 1.25. The van der Waals surface area contributed by atoms with Crippen molar-refractivity contribution < 1.29 is 8.42 Å². The van der Waals surface area contributed by atoms with Gasteiger partial charge in [-0.15, -0.1) is 11.3 Å². The highest BCUT2D eigenvalue weighted by molar-refractivity contribution is 7.90. The zero-order valence-electron chi connectivity index (χ0n) is 9.32. The van der Waals surface area contributed by atoms with Crippen molar-refractivity contribution in [2.45, 2.75) is 25.8 Å². The van der Waals surface area contributed by atoms with Gasteiger partial charge < -0.3 is 5.32 Å². The summed E-state index contributed by atoms with van der Waals surface area (Å²) in [6, 6.07) is 0. The zero-order valence-corrected chi connectivity index (χ0v) is 11.0. The Balaban J connectivity index is 1.78. The monoisotopic (exact) mass is 260 g/mol. The SMILES string of the molecule is CS(=O)(=O)CCNCc1nc2c(s1)CCC2. The molecule has 1 aromatic heterocycles. The first-order valence-corrected chi connectivity index (χ1v) is 8.28. The number of nitrogens with zero attached hydrogens (tertiary/aromatic N) is 1. The van der Waals surface area contributed by atoms with Crippen molar-refractivity contribution in [1.29, 1.82) is 0 Å². The highest BCUT2D eigenvalue weighted by Crippen LogP contribution is 2.27. The molecule has 6 heteroatoms. The second-order valence-corrected chi connectivity index (χ2v) is 7.57. The second-order valence-electron chi connectivity index (χ2n) is 4.14. The van der Waals surface area contributed by atoms with E-state index in [-0.39, 0.29) is 5.75 Å². The molecule has 0 bridgehead atoms. The third kappa shape index (κ3) is 3.26. The molecule has 0 spiro atoms. The molecule has 0 radical (unpaired) electrons. The number of aryl methyl sites for hydroxylation is 2.